The first-order chi connectivity index (χ1) is 14.4. The number of carbonyl (C=O) groups is 1. The number of rotatable bonds is 5. The molecule has 6 heteroatoms. The molecule has 2 aliphatic carbocycles. The Bertz CT molecular complexity index is 1020. The van der Waals surface area contributed by atoms with Gasteiger partial charge in [-0.2, -0.15) is 0 Å². The summed E-state index contributed by atoms with van der Waals surface area (Å²) in [5.74, 6) is -1.39. The van der Waals surface area contributed by atoms with Crippen molar-refractivity contribution in [3.8, 4) is 5.75 Å². The number of hydrogen-bond acceptors (Lipinski definition) is 3. The molecule has 158 valence electrons. The normalized spacial score (nSPS) is 30.1. The van der Waals surface area contributed by atoms with E-state index in [0.29, 0.717) is 18.1 Å². The molecule has 1 N–H and O–H groups in total. The van der Waals surface area contributed by atoms with Crippen LogP contribution in [0.3, 0.4) is 0 Å². The fourth-order valence-electron chi connectivity index (χ4n) is 6.11. The number of halogens is 2. The van der Waals surface area contributed by atoms with Crippen molar-refractivity contribution < 1.29 is 18.3 Å². The number of ether oxygens (including phenoxy) is 1. The Hall–Kier alpha value is -2.47. The van der Waals surface area contributed by atoms with Gasteiger partial charge in [-0.25, -0.2) is 8.78 Å². The monoisotopic (exact) mass is 412 g/mol. The molecule has 2 aromatic carbocycles. The van der Waals surface area contributed by atoms with E-state index in [0.717, 1.165) is 37.1 Å². The lowest BCUT2D eigenvalue weighted by atomic mass is 9.39. The topological polar surface area (TPSA) is 41.6 Å². The molecular formula is C24H26F2N2O2. The summed E-state index contributed by atoms with van der Waals surface area (Å²) in [5, 5.41) is 3.09. The SMILES string of the molecule is COc1ccc(C(C)N2C3CCC34C(NC(=O)c3ccc(F)c(F)c3)CC24)c(C)c1. The number of benzene rings is 2. The first-order valence-corrected chi connectivity index (χ1v) is 10.5. The van der Waals surface area contributed by atoms with Crippen LogP contribution in [0.15, 0.2) is 36.4 Å². The molecule has 1 saturated heterocycles. The molecular weight excluding hydrogens is 386 g/mol. The smallest absolute Gasteiger partial charge is 0.251 e. The highest BCUT2D eigenvalue weighted by molar-refractivity contribution is 5.94. The molecule has 5 unspecified atom stereocenters. The summed E-state index contributed by atoms with van der Waals surface area (Å²) < 4.78 is 32.0. The van der Waals surface area contributed by atoms with Gasteiger partial charge < -0.3 is 10.1 Å². The molecule has 2 aromatic rings. The average Bonchev–Trinajstić information content (AvgIpc) is 2.69. The maximum atomic E-state index is 13.5. The van der Waals surface area contributed by atoms with Gasteiger partial charge in [0.25, 0.3) is 5.91 Å². The molecule has 0 aromatic heterocycles. The predicted octanol–water partition coefficient (Wildman–Crippen LogP) is 4.38. The molecule has 1 aliphatic heterocycles. The van der Waals surface area contributed by atoms with E-state index >= 15 is 0 Å². The van der Waals surface area contributed by atoms with Gasteiger partial charge in [-0.15, -0.1) is 0 Å². The Morgan fingerprint density at radius 2 is 2.00 bits per heavy atom. The van der Waals surface area contributed by atoms with Gasteiger partial charge in [0.2, 0.25) is 0 Å². The van der Waals surface area contributed by atoms with Crippen LogP contribution in [0.5, 0.6) is 5.75 Å². The molecule has 4 nitrogen and oxygen atoms in total. The number of aryl methyl sites for hydroxylation is 1. The van der Waals surface area contributed by atoms with Crippen LogP contribution in [0.4, 0.5) is 8.78 Å². The summed E-state index contributed by atoms with van der Waals surface area (Å²) in [6, 6.07) is 10.9. The van der Waals surface area contributed by atoms with Gasteiger partial charge >= 0.3 is 0 Å². The van der Waals surface area contributed by atoms with Crippen molar-refractivity contribution in [2.24, 2.45) is 5.41 Å². The minimum absolute atomic E-state index is 0.0993. The first-order valence-electron chi connectivity index (χ1n) is 10.5. The third-order valence-corrected chi connectivity index (χ3v) is 7.78. The lowest BCUT2D eigenvalue weighted by Gasteiger charge is -2.80. The molecule has 3 fully saturated rings. The number of methoxy groups -OCH3 is 1. The summed E-state index contributed by atoms with van der Waals surface area (Å²) in [6.45, 7) is 4.37. The Morgan fingerprint density at radius 1 is 1.20 bits per heavy atom. The fraction of sp³-hybridized carbons (Fsp3) is 0.458. The molecule has 30 heavy (non-hydrogen) atoms. The van der Waals surface area contributed by atoms with Crippen molar-refractivity contribution in [2.45, 2.75) is 57.3 Å². The van der Waals surface area contributed by atoms with Crippen molar-refractivity contribution in [1.29, 1.82) is 0 Å². The van der Waals surface area contributed by atoms with Crippen LogP contribution in [0.2, 0.25) is 0 Å². The third kappa shape index (κ3) is 2.56. The summed E-state index contributed by atoms with van der Waals surface area (Å²) >= 11 is 0. The second-order valence-electron chi connectivity index (χ2n) is 8.92. The van der Waals surface area contributed by atoms with Crippen LogP contribution in [0.1, 0.15) is 53.7 Å². The maximum absolute atomic E-state index is 13.5. The number of carbonyl (C=O) groups excluding carboxylic acids is 1. The number of piperidine rings is 2. The van der Waals surface area contributed by atoms with E-state index in [1.54, 1.807) is 7.11 Å². The van der Waals surface area contributed by atoms with Crippen LogP contribution in [-0.4, -0.2) is 36.0 Å². The number of nitrogens with zero attached hydrogens (tertiary/aromatic N) is 1. The summed E-state index contributed by atoms with van der Waals surface area (Å²) in [5.41, 5.74) is 2.85. The molecule has 2 saturated carbocycles. The van der Waals surface area contributed by atoms with Gasteiger partial charge in [-0.05, 0) is 74.6 Å². The number of amides is 1. The fourth-order valence-corrected chi connectivity index (χ4v) is 6.11. The Morgan fingerprint density at radius 3 is 2.60 bits per heavy atom. The minimum Gasteiger partial charge on any atom is -0.497 e. The second kappa shape index (κ2) is 6.77. The van der Waals surface area contributed by atoms with Crippen LogP contribution in [0.25, 0.3) is 0 Å². The van der Waals surface area contributed by atoms with Crippen molar-refractivity contribution in [3.05, 3.63) is 64.7 Å². The van der Waals surface area contributed by atoms with E-state index in [1.165, 1.54) is 17.2 Å². The van der Waals surface area contributed by atoms with Gasteiger partial charge in [0, 0.05) is 35.1 Å². The van der Waals surface area contributed by atoms with Gasteiger partial charge in [0.1, 0.15) is 5.75 Å². The molecule has 1 spiro atoms. The highest BCUT2D eigenvalue weighted by Gasteiger charge is 2.76. The molecule has 5 rings (SSSR count). The highest BCUT2D eigenvalue weighted by Crippen LogP contribution is 2.69. The van der Waals surface area contributed by atoms with E-state index in [1.807, 2.05) is 6.07 Å². The zero-order chi connectivity index (χ0) is 21.2. The Balaban J connectivity index is 1.28. The van der Waals surface area contributed by atoms with E-state index in [-0.39, 0.29) is 22.9 Å². The highest BCUT2D eigenvalue weighted by atomic mass is 19.2. The maximum Gasteiger partial charge on any atom is 0.251 e. The van der Waals surface area contributed by atoms with Gasteiger partial charge in [-0.3, -0.25) is 9.69 Å². The summed E-state index contributed by atoms with van der Waals surface area (Å²) in [6.07, 6.45) is 3.13. The van der Waals surface area contributed by atoms with E-state index in [4.69, 9.17) is 4.74 Å². The molecule has 3 aliphatic rings. The van der Waals surface area contributed by atoms with E-state index in [2.05, 4.69) is 36.2 Å². The standard InChI is InChI=1S/C24H26F2N2O2/c1-13-10-16(30-3)5-6-17(13)14(2)28-21-8-9-24(21)20(12-22(24)28)27-23(29)15-4-7-18(25)19(26)11-15/h4-7,10-11,14,20-22H,8-9,12H2,1-3H3,(H,27,29). The van der Waals surface area contributed by atoms with E-state index in [9.17, 15) is 13.6 Å². The second-order valence-corrected chi connectivity index (χ2v) is 8.92. The van der Waals surface area contributed by atoms with Gasteiger partial charge in [0.15, 0.2) is 11.6 Å². The molecule has 1 heterocycles. The predicted molar refractivity (Wildman–Crippen MR) is 109 cm³/mol. The molecule has 5 atom stereocenters. The lowest BCUT2D eigenvalue weighted by molar-refractivity contribution is -0.293. The van der Waals surface area contributed by atoms with Crippen molar-refractivity contribution >= 4 is 5.91 Å². The minimum atomic E-state index is -0.993. The van der Waals surface area contributed by atoms with Crippen molar-refractivity contribution in [1.82, 2.24) is 10.2 Å². The van der Waals surface area contributed by atoms with Crippen molar-refractivity contribution in [3.63, 3.8) is 0 Å². The summed E-state index contributed by atoms with van der Waals surface area (Å²) in [7, 11) is 1.68. The zero-order valence-electron chi connectivity index (χ0n) is 17.4. The van der Waals surface area contributed by atoms with E-state index < -0.39 is 11.6 Å². The Kier molecular flexibility index (Phi) is 4.40. The first kappa shape index (κ1) is 19.5. The zero-order valence-corrected chi connectivity index (χ0v) is 17.4. The molecule has 1 amide bonds. The number of nitrogens with one attached hydrogen (secondary N) is 1. The van der Waals surface area contributed by atoms with Crippen LogP contribution < -0.4 is 10.1 Å². The quantitative estimate of drug-likeness (QED) is 0.793. The number of hydrogen-bond donors (Lipinski definition) is 1. The Labute approximate surface area is 175 Å². The van der Waals surface area contributed by atoms with Crippen LogP contribution in [0, 0.1) is 24.0 Å². The van der Waals surface area contributed by atoms with Crippen molar-refractivity contribution in [2.75, 3.05) is 7.11 Å². The average molecular weight is 412 g/mol. The van der Waals surface area contributed by atoms with Gasteiger partial charge in [0.05, 0.1) is 7.11 Å². The molecule has 0 radical (unpaired) electrons. The van der Waals surface area contributed by atoms with Crippen LogP contribution >= 0.6 is 0 Å². The molecule has 0 bridgehead atoms. The number of likely N-dealkylation sites (tertiary alicyclic amines) is 1. The summed E-state index contributed by atoms with van der Waals surface area (Å²) in [4.78, 5) is 15.2. The third-order valence-electron chi connectivity index (χ3n) is 7.78. The lowest BCUT2D eigenvalue weighted by Crippen LogP contribution is -2.89. The largest absolute Gasteiger partial charge is 0.497 e. The van der Waals surface area contributed by atoms with Crippen LogP contribution in [-0.2, 0) is 0 Å². The van der Waals surface area contributed by atoms with Gasteiger partial charge in [-0.1, -0.05) is 6.07 Å².